The summed E-state index contributed by atoms with van der Waals surface area (Å²) >= 11 is 7.78. The molecule has 102 valence electrons. The van der Waals surface area contributed by atoms with E-state index < -0.39 is 0 Å². The van der Waals surface area contributed by atoms with Gasteiger partial charge in [-0.25, -0.2) is 4.98 Å². The standard InChI is InChI=1S/C14H17ClN2OS/c1-8-14(19-9(2)17-8)13(16-3)10-5-6-11(15)12(7-10)18-4/h5-7,13,16H,1-4H3. The monoisotopic (exact) mass is 296 g/mol. The number of hydrogen-bond acceptors (Lipinski definition) is 4. The zero-order valence-corrected chi connectivity index (χ0v) is 13.0. The van der Waals surface area contributed by atoms with Crippen molar-refractivity contribution in [3.63, 3.8) is 0 Å². The fourth-order valence-corrected chi connectivity index (χ4v) is 3.38. The molecule has 0 radical (unpaired) electrons. The number of methoxy groups -OCH3 is 1. The van der Waals surface area contributed by atoms with Crippen molar-refractivity contribution in [3.05, 3.63) is 44.4 Å². The van der Waals surface area contributed by atoms with E-state index in [9.17, 15) is 0 Å². The molecule has 0 aliphatic carbocycles. The minimum absolute atomic E-state index is 0.109. The van der Waals surface area contributed by atoms with E-state index in [-0.39, 0.29) is 6.04 Å². The largest absolute Gasteiger partial charge is 0.495 e. The van der Waals surface area contributed by atoms with Crippen molar-refractivity contribution >= 4 is 22.9 Å². The van der Waals surface area contributed by atoms with Crippen LogP contribution in [0.5, 0.6) is 5.75 Å². The molecule has 0 aliphatic heterocycles. The lowest BCUT2D eigenvalue weighted by Crippen LogP contribution is -2.17. The van der Waals surface area contributed by atoms with Gasteiger partial charge >= 0.3 is 0 Å². The first kappa shape index (κ1) is 14.3. The molecular weight excluding hydrogens is 280 g/mol. The van der Waals surface area contributed by atoms with Crippen LogP contribution in [-0.4, -0.2) is 19.1 Å². The van der Waals surface area contributed by atoms with E-state index in [4.69, 9.17) is 16.3 Å². The molecule has 0 saturated carbocycles. The summed E-state index contributed by atoms with van der Waals surface area (Å²) in [5.41, 5.74) is 2.19. The third-order valence-corrected chi connectivity index (χ3v) is 4.45. The molecule has 1 atom stereocenters. The number of thiazole rings is 1. The Balaban J connectivity index is 2.45. The third-order valence-electron chi connectivity index (χ3n) is 3.00. The van der Waals surface area contributed by atoms with Crippen LogP contribution < -0.4 is 10.1 Å². The summed E-state index contributed by atoms with van der Waals surface area (Å²) in [6.45, 7) is 4.06. The van der Waals surface area contributed by atoms with Gasteiger partial charge in [-0.05, 0) is 38.6 Å². The lowest BCUT2D eigenvalue weighted by Gasteiger charge is -2.17. The average molecular weight is 297 g/mol. The van der Waals surface area contributed by atoms with Gasteiger partial charge in [-0.15, -0.1) is 11.3 Å². The highest BCUT2D eigenvalue weighted by Crippen LogP contribution is 2.33. The highest BCUT2D eigenvalue weighted by molar-refractivity contribution is 7.11. The normalized spacial score (nSPS) is 12.5. The SMILES string of the molecule is CNC(c1ccc(Cl)c(OC)c1)c1sc(C)nc1C. The topological polar surface area (TPSA) is 34.1 Å². The first-order valence-electron chi connectivity index (χ1n) is 6.01. The van der Waals surface area contributed by atoms with Gasteiger partial charge in [-0.1, -0.05) is 17.7 Å². The quantitative estimate of drug-likeness (QED) is 0.933. The molecule has 0 bridgehead atoms. The van der Waals surface area contributed by atoms with Crippen LogP contribution in [0, 0.1) is 13.8 Å². The van der Waals surface area contributed by atoms with Crippen LogP contribution in [-0.2, 0) is 0 Å². The van der Waals surface area contributed by atoms with E-state index in [0.29, 0.717) is 10.8 Å². The Bertz CT molecular complexity index is 583. The maximum Gasteiger partial charge on any atom is 0.137 e. The van der Waals surface area contributed by atoms with Gasteiger partial charge in [0.05, 0.1) is 28.9 Å². The van der Waals surface area contributed by atoms with Gasteiger partial charge in [0.25, 0.3) is 0 Å². The number of halogens is 1. The fourth-order valence-electron chi connectivity index (χ4n) is 2.12. The Hall–Kier alpha value is -1.10. The molecule has 2 rings (SSSR count). The van der Waals surface area contributed by atoms with Gasteiger partial charge < -0.3 is 10.1 Å². The molecule has 2 aromatic rings. The molecule has 0 amide bonds. The second-order valence-corrected chi connectivity index (χ2v) is 5.94. The highest BCUT2D eigenvalue weighted by atomic mass is 35.5. The molecule has 3 nitrogen and oxygen atoms in total. The third kappa shape index (κ3) is 2.91. The van der Waals surface area contributed by atoms with Crippen LogP contribution in [0.1, 0.15) is 27.2 Å². The van der Waals surface area contributed by atoms with Crippen molar-refractivity contribution in [2.24, 2.45) is 0 Å². The molecule has 1 unspecified atom stereocenters. The summed E-state index contributed by atoms with van der Waals surface area (Å²) in [5.74, 6) is 0.693. The molecule has 1 aromatic carbocycles. The number of nitrogens with zero attached hydrogens (tertiary/aromatic N) is 1. The summed E-state index contributed by atoms with van der Waals surface area (Å²) in [6.07, 6.45) is 0. The Morgan fingerprint density at radius 1 is 1.37 bits per heavy atom. The van der Waals surface area contributed by atoms with Crippen LogP contribution in [0.4, 0.5) is 0 Å². The summed E-state index contributed by atoms with van der Waals surface area (Å²) in [6, 6.07) is 5.96. The summed E-state index contributed by atoms with van der Waals surface area (Å²) in [5, 5.41) is 5.03. The fraction of sp³-hybridized carbons (Fsp3) is 0.357. The van der Waals surface area contributed by atoms with Gasteiger partial charge in [0, 0.05) is 4.88 Å². The van der Waals surface area contributed by atoms with Crippen molar-refractivity contribution in [2.75, 3.05) is 14.2 Å². The molecule has 1 heterocycles. The van der Waals surface area contributed by atoms with Crippen LogP contribution in [0.25, 0.3) is 0 Å². The molecular formula is C14H17ClN2OS. The van der Waals surface area contributed by atoms with Crippen LogP contribution >= 0.6 is 22.9 Å². The van der Waals surface area contributed by atoms with Crippen molar-refractivity contribution in [3.8, 4) is 5.75 Å². The molecule has 19 heavy (non-hydrogen) atoms. The predicted octanol–water partition coefficient (Wildman–Crippen LogP) is 3.73. The Kier molecular flexibility index (Phi) is 4.45. The van der Waals surface area contributed by atoms with E-state index in [1.54, 1.807) is 18.4 Å². The van der Waals surface area contributed by atoms with E-state index in [1.165, 1.54) is 4.88 Å². The Morgan fingerprint density at radius 3 is 2.63 bits per heavy atom. The molecule has 0 aliphatic rings. The van der Waals surface area contributed by atoms with Gasteiger partial charge in [-0.2, -0.15) is 0 Å². The van der Waals surface area contributed by atoms with Crippen molar-refractivity contribution in [1.82, 2.24) is 10.3 Å². The van der Waals surface area contributed by atoms with E-state index in [1.807, 2.05) is 39.1 Å². The lowest BCUT2D eigenvalue weighted by molar-refractivity contribution is 0.414. The highest BCUT2D eigenvalue weighted by Gasteiger charge is 2.19. The number of aromatic nitrogens is 1. The smallest absolute Gasteiger partial charge is 0.137 e. The minimum atomic E-state index is 0.109. The molecule has 5 heteroatoms. The zero-order valence-electron chi connectivity index (χ0n) is 11.5. The van der Waals surface area contributed by atoms with E-state index in [2.05, 4.69) is 10.3 Å². The maximum absolute atomic E-state index is 6.07. The second-order valence-electron chi connectivity index (χ2n) is 4.30. The number of nitrogens with one attached hydrogen (secondary N) is 1. The summed E-state index contributed by atoms with van der Waals surface area (Å²) in [4.78, 5) is 5.71. The van der Waals surface area contributed by atoms with Crippen molar-refractivity contribution in [2.45, 2.75) is 19.9 Å². The van der Waals surface area contributed by atoms with E-state index in [0.717, 1.165) is 16.3 Å². The van der Waals surface area contributed by atoms with E-state index >= 15 is 0 Å². The summed E-state index contributed by atoms with van der Waals surface area (Å²) < 4.78 is 5.28. The first-order valence-corrected chi connectivity index (χ1v) is 7.21. The molecule has 0 spiro atoms. The van der Waals surface area contributed by atoms with Gasteiger partial charge in [0.1, 0.15) is 5.75 Å². The molecule has 1 aromatic heterocycles. The molecule has 0 saturated heterocycles. The molecule has 1 N–H and O–H groups in total. The lowest BCUT2D eigenvalue weighted by atomic mass is 10.0. The Labute approximate surface area is 122 Å². The first-order chi connectivity index (χ1) is 9.06. The number of hydrogen-bond donors (Lipinski definition) is 1. The van der Waals surface area contributed by atoms with Gasteiger partial charge in [0.15, 0.2) is 0 Å². The number of aryl methyl sites for hydroxylation is 2. The second kappa shape index (κ2) is 5.90. The van der Waals surface area contributed by atoms with Gasteiger partial charge in [0.2, 0.25) is 0 Å². The van der Waals surface area contributed by atoms with Crippen LogP contribution in [0.2, 0.25) is 5.02 Å². The van der Waals surface area contributed by atoms with Crippen molar-refractivity contribution < 1.29 is 4.74 Å². The average Bonchev–Trinajstić information content (AvgIpc) is 2.71. The number of benzene rings is 1. The summed E-state index contributed by atoms with van der Waals surface area (Å²) in [7, 11) is 3.57. The number of rotatable bonds is 4. The minimum Gasteiger partial charge on any atom is -0.495 e. The number of ether oxygens (including phenoxy) is 1. The van der Waals surface area contributed by atoms with Gasteiger partial charge in [-0.3, -0.25) is 0 Å². The molecule has 0 fully saturated rings. The maximum atomic E-state index is 6.07. The predicted molar refractivity (Wildman–Crippen MR) is 80.5 cm³/mol. The van der Waals surface area contributed by atoms with Crippen LogP contribution in [0.15, 0.2) is 18.2 Å². The van der Waals surface area contributed by atoms with Crippen LogP contribution in [0.3, 0.4) is 0 Å². The zero-order chi connectivity index (χ0) is 14.0. The Morgan fingerprint density at radius 2 is 2.11 bits per heavy atom. The van der Waals surface area contributed by atoms with Crippen molar-refractivity contribution in [1.29, 1.82) is 0 Å².